The Morgan fingerprint density at radius 1 is 0.900 bits per heavy atom. The first-order valence-electron chi connectivity index (χ1n) is 6.67. The second kappa shape index (κ2) is 5.78. The molecule has 0 aliphatic rings. The Hall–Kier alpha value is -2.29. The van der Waals surface area contributed by atoms with Gasteiger partial charge in [0.05, 0.1) is 5.56 Å². The van der Waals surface area contributed by atoms with Crippen molar-refractivity contribution in [2.75, 3.05) is 17.7 Å². The molecule has 0 aliphatic carbocycles. The Kier molecular flexibility index (Phi) is 4.08. The van der Waals surface area contributed by atoms with E-state index in [1.54, 1.807) is 0 Å². The highest BCUT2D eigenvalue weighted by Crippen LogP contribution is 2.20. The van der Waals surface area contributed by atoms with E-state index >= 15 is 0 Å². The predicted molar refractivity (Wildman–Crippen MR) is 84.6 cm³/mol. The molecule has 2 rings (SSSR count). The maximum atomic E-state index is 12.4. The van der Waals surface area contributed by atoms with E-state index in [0.29, 0.717) is 5.56 Å². The van der Waals surface area contributed by atoms with E-state index in [-0.39, 0.29) is 5.91 Å². The minimum atomic E-state index is -0.0944. The van der Waals surface area contributed by atoms with Crippen LogP contribution in [-0.2, 0) is 0 Å². The molecule has 3 nitrogen and oxygen atoms in total. The van der Waals surface area contributed by atoms with Gasteiger partial charge < -0.3 is 10.6 Å². The quantitative estimate of drug-likeness (QED) is 0.886. The molecule has 0 saturated carbocycles. The van der Waals surface area contributed by atoms with Gasteiger partial charge in [-0.05, 0) is 56.2 Å². The van der Waals surface area contributed by atoms with Crippen molar-refractivity contribution in [3.05, 3.63) is 58.7 Å². The molecule has 0 bridgehead atoms. The summed E-state index contributed by atoms with van der Waals surface area (Å²) in [4.78, 5) is 12.4. The van der Waals surface area contributed by atoms with Crippen LogP contribution in [0.15, 0.2) is 36.4 Å². The van der Waals surface area contributed by atoms with Crippen LogP contribution in [0.3, 0.4) is 0 Å². The van der Waals surface area contributed by atoms with E-state index in [1.165, 1.54) is 0 Å². The van der Waals surface area contributed by atoms with Crippen molar-refractivity contribution in [1.82, 2.24) is 0 Å². The molecule has 3 heteroatoms. The highest BCUT2D eigenvalue weighted by atomic mass is 16.1. The van der Waals surface area contributed by atoms with Crippen molar-refractivity contribution in [2.24, 2.45) is 0 Å². The summed E-state index contributed by atoms with van der Waals surface area (Å²) in [5.41, 5.74) is 5.66. The maximum absolute atomic E-state index is 12.4. The van der Waals surface area contributed by atoms with Crippen molar-refractivity contribution in [3.63, 3.8) is 0 Å². The van der Waals surface area contributed by atoms with Gasteiger partial charge >= 0.3 is 0 Å². The van der Waals surface area contributed by atoms with Crippen molar-refractivity contribution in [2.45, 2.75) is 20.8 Å². The summed E-state index contributed by atoms with van der Waals surface area (Å²) in [7, 11) is 1.82. The first-order valence-corrected chi connectivity index (χ1v) is 6.67. The van der Waals surface area contributed by atoms with Crippen LogP contribution in [0.5, 0.6) is 0 Å². The molecular weight excluding hydrogens is 248 g/mol. The molecule has 0 aliphatic heterocycles. The normalized spacial score (nSPS) is 10.2. The Balaban J connectivity index is 2.30. The average molecular weight is 268 g/mol. The van der Waals surface area contributed by atoms with Gasteiger partial charge in [0, 0.05) is 18.4 Å². The third-order valence-corrected chi connectivity index (χ3v) is 3.17. The van der Waals surface area contributed by atoms with E-state index in [2.05, 4.69) is 16.7 Å². The number of hydrogen-bond acceptors (Lipinski definition) is 2. The zero-order valence-corrected chi connectivity index (χ0v) is 12.4. The summed E-state index contributed by atoms with van der Waals surface area (Å²) in [6.07, 6.45) is 0. The molecular formula is C17H20N2O. The number of hydrogen-bond donors (Lipinski definition) is 2. The number of aryl methyl sites for hydroxylation is 3. The Labute approximate surface area is 120 Å². The number of carbonyl (C=O) groups is 1. The molecule has 20 heavy (non-hydrogen) atoms. The lowest BCUT2D eigenvalue weighted by Gasteiger charge is -2.12. The zero-order chi connectivity index (χ0) is 14.7. The van der Waals surface area contributed by atoms with Gasteiger partial charge in [0.25, 0.3) is 5.91 Å². The van der Waals surface area contributed by atoms with Crippen LogP contribution in [0, 0.1) is 20.8 Å². The monoisotopic (exact) mass is 268 g/mol. The van der Waals surface area contributed by atoms with Gasteiger partial charge in [-0.1, -0.05) is 17.7 Å². The molecule has 0 saturated heterocycles. The second-order valence-corrected chi connectivity index (χ2v) is 5.13. The van der Waals surface area contributed by atoms with Crippen LogP contribution in [0.4, 0.5) is 11.4 Å². The maximum Gasteiger partial charge on any atom is 0.257 e. The highest BCUT2D eigenvalue weighted by molar-refractivity contribution is 6.08. The Bertz CT molecular complexity index is 627. The van der Waals surface area contributed by atoms with E-state index in [0.717, 1.165) is 28.1 Å². The van der Waals surface area contributed by atoms with Gasteiger partial charge in [-0.15, -0.1) is 0 Å². The molecule has 2 aromatic rings. The first-order chi connectivity index (χ1) is 9.49. The number of anilines is 2. The van der Waals surface area contributed by atoms with Gasteiger partial charge in [0.1, 0.15) is 0 Å². The molecule has 0 fully saturated rings. The fraction of sp³-hybridized carbons (Fsp3) is 0.235. The predicted octanol–water partition coefficient (Wildman–Crippen LogP) is 3.91. The smallest absolute Gasteiger partial charge is 0.257 e. The SMILES string of the molecule is CNc1ccc(C)cc1C(=O)Nc1cc(C)cc(C)c1. The summed E-state index contributed by atoms with van der Waals surface area (Å²) in [6.45, 7) is 6.02. The molecule has 2 aromatic carbocycles. The van der Waals surface area contributed by atoms with Crippen molar-refractivity contribution in [1.29, 1.82) is 0 Å². The lowest BCUT2D eigenvalue weighted by atomic mass is 10.1. The van der Waals surface area contributed by atoms with E-state index in [9.17, 15) is 4.79 Å². The molecule has 0 unspecified atom stereocenters. The van der Waals surface area contributed by atoms with Gasteiger partial charge in [-0.3, -0.25) is 4.79 Å². The Morgan fingerprint density at radius 3 is 2.15 bits per heavy atom. The molecule has 2 N–H and O–H groups in total. The number of nitrogens with one attached hydrogen (secondary N) is 2. The summed E-state index contributed by atoms with van der Waals surface area (Å²) < 4.78 is 0. The van der Waals surface area contributed by atoms with Gasteiger partial charge in [-0.2, -0.15) is 0 Å². The molecule has 0 spiro atoms. The molecule has 0 heterocycles. The van der Waals surface area contributed by atoms with Crippen LogP contribution in [0.2, 0.25) is 0 Å². The highest BCUT2D eigenvalue weighted by Gasteiger charge is 2.11. The van der Waals surface area contributed by atoms with E-state index in [1.807, 2.05) is 58.2 Å². The minimum absolute atomic E-state index is 0.0944. The third kappa shape index (κ3) is 3.18. The van der Waals surface area contributed by atoms with Crippen LogP contribution >= 0.6 is 0 Å². The van der Waals surface area contributed by atoms with Gasteiger partial charge in [-0.25, -0.2) is 0 Å². The summed E-state index contributed by atoms with van der Waals surface area (Å²) in [5.74, 6) is -0.0944. The van der Waals surface area contributed by atoms with Crippen LogP contribution in [0.25, 0.3) is 0 Å². The number of benzene rings is 2. The summed E-state index contributed by atoms with van der Waals surface area (Å²) in [5, 5.41) is 6.01. The van der Waals surface area contributed by atoms with Crippen molar-refractivity contribution < 1.29 is 4.79 Å². The third-order valence-electron chi connectivity index (χ3n) is 3.17. The van der Waals surface area contributed by atoms with Crippen LogP contribution in [0.1, 0.15) is 27.0 Å². The molecule has 104 valence electrons. The summed E-state index contributed by atoms with van der Waals surface area (Å²) >= 11 is 0. The number of amides is 1. The molecule has 1 amide bonds. The van der Waals surface area contributed by atoms with Crippen LogP contribution in [-0.4, -0.2) is 13.0 Å². The van der Waals surface area contributed by atoms with E-state index in [4.69, 9.17) is 0 Å². The largest absolute Gasteiger partial charge is 0.387 e. The van der Waals surface area contributed by atoms with Crippen molar-refractivity contribution >= 4 is 17.3 Å². The van der Waals surface area contributed by atoms with Crippen LogP contribution < -0.4 is 10.6 Å². The topological polar surface area (TPSA) is 41.1 Å². The lowest BCUT2D eigenvalue weighted by molar-refractivity contribution is 0.102. The number of rotatable bonds is 3. The number of carbonyl (C=O) groups excluding carboxylic acids is 1. The molecule has 0 atom stereocenters. The minimum Gasteiger partial charge on any atom is -0.387 e. The zero-order valence-electron chi connectivity index (χ0n) is 12.4. The Morgan fingerprint density at radius 2 is 1.55 bits per heavy atom. The average Bonchev–Trinajstić information content (AvgIpc) is 2.37. The molecule has 0 aromatic heterocycles. The standard InChI is InChI=1S/C17H20N2O/c1-11-5-6-16(18-4)15(10-11)17(20)19-14-8-12(2)7-13(3)9-14/h5-10,18H,1-4H3,(H,19,20). The summed E-state index contributed by atoms with van der Waals surface area (Å²) in [6, 6.07) is 11.8. The fourth-order valence-electron chi connectivity index (χ4n) is 2.31. The first kappa shape index (κ1) is 14.1. The second-order valence-electron chi connectivity index (χ2n) is 5.13. The van der Waals surface area contributed by atoms with Crippen molar-refractivity contribution in [3.8, 4) is 0 Å². The molecule has 0 radical (unpaired) electrons. The van der Waals surface area contributed by atoms with Gasteiger partial charge in [0.2, 0.25) is 0 Å². The fourth-order valence-corrected chi connectivity index (χ4v) is 2.31. The lowest BCUT2D eigenvalue weighted by Crippen LogP contribution is -2.14. The van der Waals surface area contributed by atoms with Gasteiger partial charge in [0.15, 0.2) is 0 Å². The van der Waals surface area contributed by atoms with E-state index < -0.39 is 0 Å².